The van der Waals surface area contributed by atoms with E-state index in [9.17, 15) is 0 Å². The maximum Gasteiger partial charge on any atom is 0.135 e. The van der Waals surface area contributed by atoms with E-state index >= 15 is 0 Å². The van der Waals surface area contributed by atoms with Crippen LogP contribution in [0.3, 0.4) is 0 Å². The molecule has 0 saturated carbocycles. The van der Waals surface area contributed by atoms with Crippen molar-refractivity contribution in [2.45, 2.75) is 52.5 Å². The second-order valence-corrected chi connectivity index (χ2v) is 6.68. The number of fused-ring (bicyclic) bond motifs is 1. The Labute approximate surface area is 142 Å². The fraction of sp³-hybridized carbons (Fsp3) is 0.611. The maximum atomic E-state index is 4.63. The molecule has 1 heterocycles. The summed E-state index contributed by atoms with van der Waals surface area (Å²) in [5.41, 5.74) is 1.23. The second-order valence-electron chi connectivity index (χ2n) is 5.93. The minimum Gasteiger partial charge on any atom is -0.303 e. The third-order valence-corrected chi connectivity index (χ3v) is 4.70. The molecular weight excluding hydrogens is 338 g/mol. The van der Waals surface area contributed by atoms with Crippen LogP contribution >= 0.6 is 15.9 Å². The van der Waals surface area contributed by atoms with E-state index in [0.717, 1.165) is 17.6 Å². The molecule has 0 amide bonds. The lowest BCUT2D eigenvalue weighted by Crippen LogP contribution is -2.28. The molecule has 0 bridgehead atoms. The van der Waals surface area contributed by atoms with E-state index in [4.69, 9.17) is 0 Å². The molecule has 0 fully saturated rings. The average molecular weight is 366 g/mol. The van der Waals surface area contributed by atoms with Gasteiger partial charge in [-0.05, 0) is 60.9 Å². The predicted octanol–water partition coefficient (Wildman–Crippen LogP) is 5.09. The zero-order chi connectivity index (χ0) is 15.8. The van der Waals surface area contributed by atoms with Crippen LogP contribution in [0.15, 0.2) is 28.9 Å². The van der Waals surface area contributed by atoms with Crippen LogP contribution in [0.25, 0.3) is 10.9 Å². The summed E-state index contributed by atoms with van der Waals surface area (Å²) in [6, 6.07) is 8.43. The van der Waals surface area contributed by atoms with Gasteiger partial charge in [-0.15, -0.1) is 0 Å². The fourth-order valence-corrected chi connectivity index (χ4v) is 3.33. The highest BCUT2D eigenvalue weighted by molar-refractivity contribution is 9.10. The van der Waals surface area contributed by atoms with E-state index in [1.807, 2.05) is 0 Å². The molecular formula is C18H28BrN3. The van der Waals surface area contributed by atoms with Gasteiger partial charge in [-0.2, -0.15) is 5.10 Å². The monoisotopic (exact) mass is 365 g/mol. The van der Waals surface area contributed by atoms with Crippen molar-refractivity contribution in [3.8, 4) is 0 Å². The Bertz CT molecular complexity index is 556. The second kappa shape index (κ2) is 9.31. The maximum absolute atomic E-state index is 4.63. The molecule has 4 heteroatoms. The van der Waals surface area contributed by atoms with Crippen molar-refractivity contribution in [3.05, 3.63) is 28.9 Å². The molecule has 0 N–H and O–H groups in total. The lowest BCUT2D eigenvalue weighted by Gasteiger charge is -2.21. The van der Waals surface area contributed by atoms with Gasteiger partial charge in [0.05, 0.1) is 5.52 Å². The third-order valence-electron chi connectivity index (χ3n) is 4.11. The van der Waals surface area contributed by atoms with Gasteiger partial charge in [-0.25, -0.2) is 0 Å². The van der Waals surface area contributed by atoms with E-state index < -0.39 is 0 Å². The molecule has 1 aromatic carbocycles. The summed E-state index contributed by atoms with van der Waals surface area (Å²) in [6.07, 6.45) is 6.32. The number of unbranched alkanes of at least 4 members (excludes halogenated alkanes) is 2. The van der Waals surface area contributed by atoms with Crippen molar-refractivity contribution in [2.24, 2.45) is 0 Å². The molecule has 0 aliphatic rings. The molecule has 1 aromatic heterocycles. The highest BCUT2D eigenvalue weighted by Crippen LogP contribution is 2.22. The smallest absolute Gasteiger partial charge is 0.135 e. The van der Waals surface area contributed by atoms with E-state index in [0.29, 0.717) is 0 Å². The van der Waals surface area contributed by atoms with Crippen molar-refractivity contribution in [1.82, 2.24) is 14.7 Å². The number of rotatable bonds is 10. The number of hydrogen-bond acceptors (Lipinski definition) is 2. The minimum atomic E-state index is 0.955. The number of para-hydroxylation sites is 1. The molecule has 0 spiro atoms. The highest BCUT2D eigenvalue weighted by Gasteiger charge is 2.08. The number of aryl methyl sites for hydroxylation is 1. The first-order chi connectivity index (χ1) is 10.8. The number of hydrogen-bond donors (Lipinski definition) is 0. The summed E-state index contributed by atoms with van der Waals surface area (Å²) in [7, 11) is 0. The Morgan fingerprint density at radius 1 is 1.00 bits per heavy atom. The Balaban J connectivity index is 1.90. The van der Waals surface area contributed by atoms with Crippen LogP contribution in [0.1, 0.15) is 46.0 Å². The van der Waals surface area contributed by atoms with Gasteiger partial charge in [0.1, 0.15) is 4.60 Å². The van der Waals surface area contributed by atoms with E-state index in [2.05, 4.69) is 68.7 Å². The van der Waals surface area contributed by atoms with Crippen LogP contribution < -0.4 is 0 Å². The van der Waals surface area contributed by atoms with Gasteiger partial charge in [0.15, 0.2) is 0 Å². The fourth-order valence-electron chi connectivity index (χ4n) is 2.80. The van der Waals surface area contributed by atoms with Crippen molar-refractivity contribution in [1.29, 1.82) is 0 Å². The number of halogens is 1. The van der Waals surface area contributed by atoms with Crippen LogP contribution in [0.4, 0.5) is 0 Å². The minimum absolute atomic E-state index is 0.955. The van der Waals surface area contributed by atoms with Gasteiger partial charge in [-0.1, -0.05) is 44.9 Å². The summed E-state index contributed by atoms with van der Waals surface area (Å²) in [4.78, 5) is 2.62. The standard InChI is InChI=1S/C18H28BrN3/c1-3-5-12-21(13-6-4-2)14-9-15-22-17-11-8-7-10-16(17)18(19)20-22/h7-8,10-11H,3-6,9,12-15H2,1-2H3. The van der Waals surface area contributed by atoms with Crippen molar-refractivity contribution >= 4 is 26.8 Å². The summed E-state index contributed by atoms with van der Waals surface area (Å²) in [5.74, 6) is 0. The van der Waals surface area contributed by atoms with Gasteiger partial charge in [0.25, 0.3) is 0 Å². The Kier molecular flexibility index (Phi) is 7.40. The normalized spacial score (nSPS) is 11.6. The van der Waals surface area contributed by atoms with Gasteiger partial charge < -0.3 is 4.90 Å². The Hall–Kier alpha value is -0.870. The lowest BCUT2D eigenvalue weighted by atomic mass is 10.2. The summed E-state index contributed by atoms with van der Waals surface area (Å²) >= 11 is 3.56. The quantitative estimate of drug-likeness (QED) is 0.584. The first-order valence-corrected chi connectivity index (χ1v) is 9.39. The summed E-state index contributed by atoms with van der Waals surface area (Å²) in [5, 5.41) is 5.83. The van der Waals surface area contributed by atoms with E-state index in [1.165, 1.54) is 56.2 Å². The van der Waals surface area contributed by atoms with Crippen LogP contribution in [-0.2, 0) is 6.54 Å². The molecule has 3 nitrogen and oxygen atoms in total. The number of benzene rings is 1. The zero-order valence-electron chi connectivity index (χ0n) is 13.9. The third kappa shape index (κ3) is 4.82. The SMILES string of the molecule is CCCCN(CCCC)CCCn1nc(Br)c2ccccc21. The van der Waals surface area contributed by atoms with Crippen LogP contribution in [0.5, 0.6) is 0 Å². The lowest BCUT2D eigenvalue weighted by molar-refractivity contribution is 0.256. The van der Waals surface area contributed by atoms with Crippen LogP contribution in [-0.4, -0.2) is 34.3 Å². The van der Waals surface area contributed by atoms with E-state index in [-0.39, 0.29) is 0 Å². The van der Waals surface area contributed by atoms with Gasteiger partial charge >= 0.3 is 0 Å². The molecule has 0 aliphatic heterocycles. The zero-order valence-corrected chi connectivity index (χ0v) is 15.5. The largest absolute Gasteiger partial charge is 0.303 e. The summed E-state index contributed by atoms with van der Waals surface area (Å²) in [6.45, 7) is 9.17. The molecule has 2 aromatic rings. The molecule has 0 aliphatic carbocycles. The Morgan fingerprint density at radius 3 is 2.32 bits per heavy atom. The first-order valence-electron chi connectivity index (χ1n) is 8.59. The predicted molar refractivity (Wildman–Crippen MR) is 98.3 cm³/mol. The van der Waals surface area contributed by atoms with Crippen LogP contribution in [0, 0.1) is 0 Å². The molecule has 0 unspecified atom stereocenters. The molecule has 0 radical (unpaired) electrons. The van der Waals surface area contributed by atoms with Gasteiger partial charge in [0, 0.05) is 11.9 Å². The molecule has 2 rings (SSSR count). The average Bonchev–Trinajstić information content (AvgIpc) is 2.86. The van der Waals surface area contributed by atoms with Crippen LogP contribution in [0.2, 0.25) is 0 Å². The number of aromatic nitrogens is 2. The summed E-state index contributed by atoms with van der Waals surface area (Å²) < 4.78 is 3.09. The number of nitrogens with zero attached hydrogens (tertiary/aromatic N) is 3. The van der Waals surface area contributed by atoms with Gasteiger partial charge in [-0.3, -0.25) is 4.68 Å². The van der Waals surface area contributed by atoms with E-state index in [1.54, 1.807) is 0 Å². The highest BCUT2D eigenvalue weighted by atomic mass is 79.9. The van der Waals surface area contributed by atoms with Gasteiger partial charge in [0.2, 0.25) is 0 Å². The Morgan fingerprint density at radius 2 is 1.64 bits per heavy atom. The molecule has 0 atom stereocenters. The molecule has 122 valence electrons. The van der Waals surface area contributed by atoms with Crippen molar-refractivity contribution in [3.63, 3.8) is 0 Å². The van der Waals surface area contributed by atoms with Crippen molar-refractivity contribution in [2.75, 3.05) is 19.6 Å². The molecule has 0 saturated heterocycles. The topological polar surface area (TPSA) is 21.1 Å². The molecule has 22 heavy (non-hydrogen) atoms. The first kappa shape index (κ1) is 17.5. The van der Waals surface area contributed by atoms with Crippen molar-refractivity contribution < 1.29 is 0 Å².